The Morgan fingerprint density at radius 3 is 1.59 bits per heavy atom. The highest BCUT2D eigenvalue weighted by Crippen LogP contribution is 2.75. The second-order valence-corrected chi connectivity index (χ2v) is 10.8. The van der Waals surface area contributed by atoms with Crippen LogP contribution in [-0.2, 0) is 14.4 Å². The van der Waals surface area contributed by atoms with Gasteiger partial charge in [0.05, 0.1) is 28.4 Å². The zero-order valence-electron chi connectivity index (χ0n) is 21.1. The minimum atomic E-state index is -1.08. The molecule has 1 heterocycles. The molecule has 186 valence electrons. The third-order valence-electron chi connectivity index (χ3n) is 8.97. The first kappa shape index (κ1) is 23.9. The van der Waals surface area contributed by atoms with Gasteiger partial charge in [-0.15, -0.1) is 0 Å². The van der Waals surface area contributed by atoms with Gasteiger partial charge in [0.15, 0.2) is 5.78 Å². The van der Waals surface area contributed by atoms with Gasteiger partial charge in [-0.1, -0.05) is 92.2 Å². The molecule has 2 aliphatic carbocycles. The molecule has 0 radical (unpaired) electrons. The number of fused-ring (bicyclic) bond motifs is 5. The number of aryl methyl sites for hydroxylation is 1. The fourth-order valence-electron chi connectivity index (χ4n) is 7.43. The minimum absolute atomic E-state index is 0.0148. The molecule has 4 atom stereocenters. The summed E-state index contributed by atoms with van der Waals surface area (Å²) in [5, 5.41) is 0.498. The lowest BCUT2D eigenvalue weighted by Gasteiger charge is -2.38. The number of carbonyl (C=O) groups excluding carboxylic acids is 3. The third kappa shape index (κ3) is 2.82. The van der Waals surface area contributed by atoms with E-state index < -0.39 is 22.7 Å². The zero-order chi connectivity index (χ0) is 26.1. The molecule has 5 heteroatoms. The normalized spacial score (nSPS) is 28.4. The summed E-state index contributed by atoms with van der Waals surface area (Å²) in [5.74, 6) is -2.09. The Morgan fingerprint density at radius 1 is 0.730 bits per heavy atom. The van der Waals surface area contributed by atoms with E-state index in [1.165, 1.54) is 4.90 Å². The maximum atomic E-state index is 14.7. The number of hydrogen-bond donors (Lipinski definition) is 0. The van der Waals surface area contributed by atoms with Gasteiger partial charge >= 0.3 is 0 Å². The highest BCUT2D eigenvalue weighted by molar-refractivity contribution is 6.35. The molecule has 2 fully saturated rings. The third-order valence-corrected chi connectivity index (χ3v) is 9.38. The highest BCUT2D eigenvalue weighted by Gasteiger charge is 2.80. The van der Waals surface area contributed by atoms with Gasteiger partial charge in [-0.25, -0.2) is 4.90 Å². The molecule has 3 aromatic rings. The van der Waals surface area contributed by atoms with Crippen LogP contribution in [-0.4, -0.2) is 17.6 Å². The molecular weight excluding hydrogens is 482 g/mol. The van der Waals surface area contributed by atoms with Crippen LogP contribution in [0.2, 0.25) is 5.02 Å². The van der Waals surface area contributed by atoms with Crippen molar-refractivity contribution in [3.63, 3.8) is 0 Å². The summed E-state index contributed by atoms with van der Waals surface area (Å²) in [6.07, 6.45) is 0.883. The van der Waals surface area contributed by atoms with E-state index in [1.54, 1.807) is 12.1 Å². The average molecular weight is 510 g/mol. The van der Waals surface area contributed by atoms with Crippen LogP contribution in [0.5, 0.6) is 0 Å². The van der Waals surface area contributed by atoms with E-state index in [4.69, 9.17) is 11.6 Å². The van der Waals surface area contributed by atoms with Gasteiger partial charge in [-0.2, -0.15) is 0 Å². The molecule has 37 heavy (non-hydrogen) atoms. The number of amides is 2. The summed E-state index contributed by atoms with van der Waals surface area (Å²) in [5.41, 5.74) is 2.85. The Morgan fingerprint density at radius 2 is 1.19 bits per heavy atom. The fourth-order valence-corrected chi connectivity index (χ4v) is 7.61. The van der Waals surface area contributed by atoms with Gasteiger partial charge in [-0.3, -0.25) is 14.4 Å². The number of anilines is 1. The number of allylic oxidation sites excluding steroid dienone is 2. The number of rotatable bonds is 5. The molecule has 2 amide bonds. The summed E-state index contributed by atoms with van der Waals surface area (Å²) in [6.45, 7) is 5.83. The summed E-state index contributed by atoms with van der Waals surface area (Å²) >= 11 is 6.41. The van der Waals surface area contributed by atoms with Gasteiger partial charge in [0, 0.05) is 5.02 Å². The van der Waals surface area contributed by atoms with E-state index in [1.807, 2.05) is 87.5 Å². The molecule has 2 bridgehead atoms. The van der Waals surface area contributed by atoms with Crippen LogP contribution in [0.15, 0.2) is 78.9 Å². The lowest BCUT2D eigenvalue weighted by Crippen LogP contribution is -2.41. The molecule has 1 aliphatic heterocycles. The van der Waals surface area contributed by atoms with E-state index >= 15 is 0 Å². The van der Waals surface area contributed by atoms with Crippen molar-refractivity contribution in [2.24, 2.45) is 22.7 Å². The van der Waals surface area contributed by atoms with Crippen molar-refractivity contribution in [3.05, 3.63) is 101 Å². The number of carbonyl (C=O) groups is 3. The Kier molecular flexibility index (Phi) is 5.33. The Bertz CT molecular complexity index is 1410. The molecule has 4 nitrogen and oxygen atoms in total. The van der Waals surface area contributed by atoms with E-state index in [2.05, 4.69) is 0 Å². The largest absolute Gasteiger partial charge is 0.298 e. The van der Waals surface area contributed by atoms with Crippen LogP contribution in [0.1, 0.15) is 43.4 Å². The summed E-state index contributed by atoms with van der Waals surface area (Å²) < 4.78 is 0. The molecule has 3 aromatic carbocycles. The molecule has 6 rings (SSSR count). The van der Waals surface area contributed by atoms with Crippen molar-refractivity contribution in [2.45, 2.75) is 33.6 Å². The van der Waals surface area contributed by atoms with E-state index in [0.717, 1.165) is 27.8 Å². The Hall–Kier alpha value is -3.50. The predicted molar refractivity (Wildman–Crippen MR) is 146 cm³/mol. The highest BCUT2D eigenvalue weighted by atomic mass is 35.5. The second kappa shape index (κ2) is 8.26. The van der Waals surface area contributed by atoms with E-state index in [0.29, 0.717) is 23.6 Å². The van der Waals surface area contributed by atoms with Gasteiger partial charge in [0.2, 0.25) is 11.8 Å². The number of halogens is 1. The van der Waals surface area contributed by atoms with Gasteiger partial charge in [0.1, 0.15) is 0 Å². The van der Waals surface area contributed by atoms with Crippen molar-refractivity contribution in [2.75, 3.05) is 4.90 Å². The number of Topliss-reactive ketones (excluding diaryl/α,β-unsaturated/α-hetero) is 1. The molecule has 0 spiro atoms. The quantitative estimate of drug-likeness (QED) is 0.357. The van der Waals surface area contributed by atoms with Gasteiger partial charge in [-0.05, 0) is 59.7 Å². The average Bonchev–Trinajstić information content (AvgIpc) is 3.42. The number of benzene rings is 3. The molecule has 0 unspecified atom stereocenters. The van der Waals surface area contributed by atoms with Crippen LogP contribution in [0, 0.1) is 29.6 Å². The number of hydrogen-bond acceptors (Lipinski definition) is 3. The summed E-state index contributed by atoms with van der Waals surface area (Å²) in [6, 6.07) is 25.1. The summed E-state index contributed by atoms with van der Waals surface area (Å²) in [4.78, 5) is 44.5. The minimum Gasteiger partial charge on any atom is -0.298 e. The van der Waals surface area contributed by atoms with Crippen LogP contribution in [0.3, 0.4) is 0 Å². The smallest absolute Gasteiger partial charge is 0.239 e. The van der Waals surface area contributed by atoms with Crippen LogP contribution >= 0.6 is 11.6 Å². The number of ketones is 1. The maximum Gasteiger partial charge on any atom is 0.239 e. The van der Waals surface area contributed by atoms with Crippen molar-refractivity contribution in [3.8, 4) is 0 Å². The Balaban J connectivity index is 1.66. The molecule has 1 saturated carbocycles. The van der Waals surface area contributed by atoms with Crippen molar-refractivity contribution >= 4 is 46.0 Å². The number of imide groups is 1. The molecule has 0 N–H and O–H groups in total. The lowest BCUT2D eigenvalue weighted by atomic mass is 9.60. The van der Waals surface area contributed by atoms with Crippen LogP contribution in [0.25, 0.3) is 11.1 Å². The van der Waals surface area contributed by atoms with Gasteiger partial charge in [0.25, 0.3) is 0 Å². The standard InChI is InChI=1S/C32H28ClNO3/c1-4-31-24(20-12-8-6-9-13-20)25(21-14-10-7-11-15-21)32(5-2,30(31)37)27-26(31)28(35)34(29(27)36)22-17-16-19(3)23(33)18-22/h6-18,26-27H,4-5H2,1-3H3/t26-,27-,31-,32+/m1/s1. The van der Waals surface area contributed by atoms with E-state index in [-0.39, 0.29) is 17.6 Å². The maximum absolute atomic E-state index is 14.7. The Labute approximate surface area is 221 Å². The van der Waals surface area contributed by atoms with Crippen molar-refractivity contribution in [1.29, 1.82) is 0 Å². The molecule has 0 aromatic heterocycles. The number of nitrogens with zero attached hydrogens (tertiary/aromatic N) is 1. The predicted octanol–water partition coefficient (Wildman–Crippen LogP) is 6.75. The first-order chi connectivity index (χ1) is 17.8. The lowest BCUT2D eigenvalue weighted by molar-refractivity contribution is -0.134. The first-order valence-electron chi connectivity index (χ1n) is 12.9. The topological polar surface area (TPSA) is 54.5 Å². The van der Waals surface area contributed by atoms with Gasteiger partial charge < -0.3 is 0 Å². The molecule has 3 aliphatic rings. The monoisotopic (exact) mass is 509 g/mol. The fraction of sp³-hybridized carbons (Fsp3) is 0.281. The first-order valence-corrected chi connectivity index (χ1v) is 13.3. The molecule has 1 saturated heterocycles. The van der Waals surface area contributed by atoms with E-state index in [9.17, 15) is 14.4 Å². The van der Waals surface area contributed by atoms with Crippen LogP contribution < -0.4 is 4.90 Å². The molecular formula is C32H28ClNO3. The zero-order valence-corrected chi connectivity index (χ0v) is 21.9. The SMILES string of the molecule is CC[C@]12C(=O)[C@](CC)(C(c3ccccc3)=C1c1ccccc1)[C@H]1C(=O)N(c3ccc(C)c(Cl)c3)C(=O)[C@@H]12. The van der Waals surface area contributed by atoms with Crippen molar-refractivity contribution in [1.82, 2.24) is 0 Å². The van der Waals surface area contributed by atoms with Crippen molar-refractivity contribution < 1.29 is 14.4 Å². The van der Waals surface area contributed by atoms with Crippen LogP contribution in [0.4, 0.5) is 5.69 Å². The second-order valence-electron chi connectivity index (χ2n) is 10.4. The summed E-state index contributed by atoms with van der Waals surface area (Å²) in [7, 11) is 0.